The molecule has 2 spiro atoms. The first-order valence-electron chi connectivity index (χ1n) is 23.0. The van der Waals surface area contributed by atoms with Crippen LogP contribution in [0.15, 0.2) is 158 Å². The minimum Gasteiger partial charge on any atom is -0.341 e. The summed E-state index contributed by atoms with van der Waals surface area (Å²) in [6, 6.07) is 63.9. The summed E-state index contributed by atoms with van der Waals surface area (Å²) >= 11 is 0. The minimum absolute atomic E-state index is 0.115. The van der Waals surface area contributed by atoms with Crippen LogP contribution in [0.25, 0.3) is 44.8 Å². The van der Waals surface area contributed by atoms with Crippen molar-refractivity contribution in [1.82, 2.24) is 0 Å². The Hall–Kier alpha value is -6.16. The molecule has 2 aliphatic carbocycles. The number of aryl methyl sites for hydroxylation is 1. The number of nitrogens with zero attached hydrogens (tertiary/aromatic N) is 2. The monoisotopic (exact) mass is 802 g/mol. The van der Waals surface area contributed by atoms with E-state index in [-0.39, 0.29) is 5.41 Å². The molecule has 2 nitrogen and oxygen atoms in total. The highest BCUT2D eigenvalue weighted by Gasteiger charge is 2.48. The van der Waals surface area contributed by atoms with Gasteiger partial charge in [0, 0.05) is 40.4 Å². The van der Waals surface area contributed by atoms with Crippen molar-refractivity contribution in [3.05, 3.63) is 186 Å². The first-order chi connectivity index (χ1) is 30.2. The van der Waals surface area contributed by atoms with E-state index in [1.54, 1.807) is 21.5 Å². The van der Waals surface area contributed by atoms with Gasteiger partial charge in [0.1, 0.15) is 8.07 Å². The largest absolute Gasteiger partial charge is 0.341 e. The molecule has 0 N–H and O–H groups in total. The van der Waals surface area contributed by atoms with E-state index in [1.807, 2.05) is 0 Å². The predicted molar refractivity (Wildman–Crippen MR) is 262 cm³/mol. The molecule has 8 aromatic carbocycles. The second-order valence-electron chi connectivity index (χ2n) is 18.7. The molecular weight excluding hydrogens is 753 g/mol. The Balaban J connectivity index is 0.810. The van der Waals surface area contributed by atoms with Crippen molar-refractivity contribution in [2.45, 2.75) is 68.9 Å². The minimum atomic E-state index is -1.75. The molecule has 3 aliphatic heterocycles. The van der Waals surface area contributed by atoms with Crippen LogP contribution in [-0.2, 0) is 11.8 Å². The zero-order valence-electron chi connectivity index (χ0n) is 34.8. The van der Waals surface area contributed by atoms with Gasteiger partial charge in [0.25, 0.3) is 0 Å². The van der Waals surface area contributed by atoms with E-state index in [1.165, 1.54) is 141 Å². The van der Waals surface area contributed by atoms with E-state index in [0.717, 1.165) is 6.54 Å². The van der Waals surface area contributed by atoms with Crippen LogP contribution >= 0.6 is 0 Å². The van der Waals surface area contributed by atoms with Gasteiger partial charge in [-0.1, -0.05) is 147 Å². The number of fused-ring (bicyclic) bond motifs is 13. The third kappa shape index (κ3) is 5.32. The lowest BCUT2D eigenvalue weighted by Gasteiger charge is -2.42. The summed E-state index contributed by atoms with van der Waals surface area (Å²) < 4.78 is 0. The summed E-state index contributed by atoms with van der Waals surface area (Å²) in [7, 11) is -1.75. The van der Waals surface area contributed by atoms with Crippen LogP contribution in [0.2, 0.25) is 12.1 Å². The zero-order valence-corrected chi connectivity index (χ0v) is 35.8. The smallest absolute Gasteiger partial charge is 0.123 e. The molecule has 8 aromatic rings. The summed E-state index contributed by atoms with van der Waals surface area (Å²) in [4.78, 5) is 5.12. The Morgan fingerprint density at radius 3 is 1.82 bits per heavy atom. The maximum Gasteiger partial charge on any atom is 0.123 e. The lowest BCUT2D eigenvalue weighted by Crippen LogP contribution is -2.60. The topological polar surface area (TPSA) is 6.48 Å². The fraction of sp³-hybridized carbons (Fsp3) is 0.207. The van der Waals surface area contributed by atoms with Crippen molar-refractivity contribution in [3.63, 3.8) is 0 Å². The Bertz CT molecular complexity index is 3060. The van der Waals surface area contributed by atoms with E-state index >= 15 is 0 Å². The first kappa shape index (κ1) is 35.6. The highest BCUT2D eigenvalue weighted by Crippen LogP contribution is 2.58. The highest BCUT2D eigenvalue weighted by molar-refractivity contribution is 7.05. The second kappa shape index (κ2) is 13.7. The van der Waals surface area contributed by atoms with Crippen molar-refractivity contribution in [2.75, 3.05) is 16.3 Å². The number of benzene rings is 8. The van der Waals surface area contributed by atoms with Crippen molar-refractivity contribution in [3.8, 4) is 11.1 Å². The Morgan fingerprint density at radius 1 is 0.475 bits per heavy atom. The van der Waals surface area contributed by atoms with Crippen molar-refractivity contribution in [1.29, 1.82) is 0 Å². The zero-order chi connectivity index (χ0) is 40.1. The third-order valence-corrected chi connectivity index (χ3v) is 20.9. The first-order valence-corrected chi connectivity index (χ1v) is 25.4. The van der Waals surface area contributed by atoms with Crippen LogP contribution in [0.5, 0.6) is 0 Å². The molecule has 296 valence electrons. The number of hydrogen-bond acceptors (Lipinski definition) is 2. The number of anilines is 5. The molecule has 3 heteroatoms. The average molecular weight is 803 g/mol. The molecule has 0 bridgehead atoms. The number of para-hydroxylation sites is 3. The lowest BCUT2D eigenvalue weighted by atomic mass is 9.76. The summed E-state index contributed by atoms with van der Waals surface area (Å²) in [5.74, 6) is 0. The van der Waals surface area contributed by atoms with E-state index in [9.17, 15) is 0 Å². The summed E-state index contributed by atoms with van der Waals surface area (Å²) in [6.07, 6.45) is 14.8. The molecule has 0 atom stereocenters. The molecule has 0 amide bonds. The van der Waals surface area contributed by atoms with E-state index in [4.69, 9.17) is 0 Å². The molecule has 0 aromatic heterocycles. The van der Waals surface area contributed by atoms with Gasteiger partial charge in [-0.05, 0) is 157 Å². The molecule has 0 unspecified atom stereocenters. The van der Waals surface area contributed by atoms with E-state index < -0.39 is 8.07 Å². The summed E-state index contributed by atoms with van der Waals surface area (Å²) in [6.45, 7) is 1.09. The maximum atomic E-state index is 2.57. The van der Waals surface area contributed by atoms with E-state index in [2.05, 4.69) is 180 Å². The van der Waals surface area contributed by atoms with Crippen LogP contribution in [0.3, 0.4) is 0 Å². The molecule has 1 saturated heterocycles. The maximum absolute atomic E-state index is 2.57. The van der Waals surface area contributed by atoms with Gasteiger partial charge in [-0.25, -0.2) is 0 Å². The molecule has 1 saturated carbocycles. The normalized spacial score (nSPS) is 17.9. The van der Waals surface area contributed by atoms with Crippen molar-refractivity contribution in [2.24, 2.45) is 0 Å². The molecule has 3 heterocycles. The van der Waals surface area contributed by atoms with Crippen LogP contribution in [-0.4, -0.2) is 14.6 Å². The molecule has 0 radical (unpaired) electrons. The highest BCUT2D eigenvalue weighted by atomic mass is 28.3. The molecule has 13 rings (SSSR count). The van der Waals surface area contributed by atoms with Gasteiger partial charge in [-0.2, -0.15) is 0 Å². The van der Waals surface area contributed by atoms with Gasteiger partial charge in [-0.15, -0.1) is 0 Å². The average Bonchev–Trinajstić information content (AvgIpc) is 4.08. The predicted octanol–water partition coefficient (Wildman–Crippen LogP) is 14.2. The van der Waals surface area contributed by atoms with Crippen LogP contribution in [0.4, 0.5) is 28.4 Å². The van der Waals surface area contributed by atoms with Crippen LogP contribution in [0.1, 0.15) is 72.8 Å². The van der Waals surface area contributed by atoms with Gasteiger partial charge in [0.05, 0.1) is 0 Å². The fourth-order valence-electron chi connectivity index (χ4n) is 12.8. The van der Waals surface area contributed by atoms with Crippen LogP contribution in [0, 0.1) is 0 Å². The summed E-state index contributed by atoms with van der Waals surface area (Å²) in [5.41, 5.74) is 16.9. The summed E-state index contributed by atoms with van der Waals surface area (Å²) in [5, 5.41) is 8.44. The van der Waals surface area contributed by atoms with Gasteiger partial charge in [0.15, 0.2) is 0 Å². The Morgan fingerprint density at radius 2 is 1.07 bits per heavy atom. The fourth-order valence-corrected chi connectivity index (χ4v) is 18.3. The van der Waals surface area contributed by atoms with Gasteiger partial charge in [-0.3, -0.25) is 0 Å². The standard InChI is InChI=1S/C58H50N2Si/c1-2-14-53-42(12-1)13-11-33-59(53)45-25-30-50-49-28-22-41(37-51(49)58(52(50)39-45)31-7-8-32-58)20-19-40-21-27-47-43(36-40)23-24-44-38-46(26-29-48(44)47)60-54-15-3-5-17-56(54)61(34-9-10-35-61)57-18-6-4-16-55(57)60/h1-6,12,14-30,36-39H,7-11,13,31-35H2. The van der Waals surface area contributed by atoms with E-state index in [0.29, 0.717) is 0 Å². The van der Waals surface area contributed by atoms with Gasteiger partial charge < -0.3 is 9.80 Å². The Labute approximate surface area is 360 Å². The van der Waals surface area contributed by atoms with Gasteiger partial charge >= 0.3 is 0 Å². The second-order valence-corrected chi connectivity index (χ2v) is 22.9. The molecule has 5 aliphatic rings. The van der Waals surface area contributed by atoms with Crippen LogP contribution < -0.4 is 20.2 Å². The molecule has 61 heavy (non-hydrogen) atoms. The quantitative estimate of drug-likeness (QED) is 0.0993. The Kier molecular flexibility index (Phi) is 7.98. The lowest BCUT2D eigenvalue weighted by molar-refractivity contribution is 0.549. The molecule has 2 fully saturated rings. The number of hydrogen-bond donors (Lipinski definition) is 0. The molecular formula is C58H50N2Si. The van der Waals surface area contributed by atoms with Crippen molar-refractivity contribution >= 4 is 80.6 Å². The third-order valence-electron chi connectivity index (χ3n) is 15.6. The SMILES string of the molecule is C(=Cc1ccc2c(ccc3cc(N4c5ccccc5[Si]5(CCCC5)c5ccccc54)ccc32)c1)c1ccc2c(c1)C1(CCCC1)c1cc(N3CCCc4ccccc43)ccc1-2. The van der Waals surface area contributed by atoms with Gasteiger partial charge in [0.2, 0.25) is 0 Å². The van der Waals surface area contributed by atoms with Crippen molar-refractivity contribution < 1.29 is 0 Å². The number of rotatable bonds is 4.